The summed E-state index contributed by atoms with van der Waals surface area (Å²) in [6.07, 6.45) is 3.58. The molecule has 3 aromatic rings. The molecule has 3 atom stereocenters. The van der Waals surface area contributed by atoms with E-state index in [1.54, 1.807) is 0 Å². The number of para-hydroxylation sites is 1. The molecule has 9 nitrogen and oxygen atoms in total. The van der Waals surface area contributed by atoms with Crippen molar-refractivity contribution >= 4 is 23.2 Å². The molecule has 196 valence electrons. The zero-order valence-corrected chi connectivity index (χ0v) is 21.5. The molecule has 2 bridgehead atoms. The molecule has 0 aliphatic carbocycles. The van der Waals surface area contributed by atoms with Gasteiger partial charge in [0.25, 0.3) is 0 Å². The van der Waals surface area contributed by atoms with Crippen LogP contribution in [0.5, 0.6) is 5.75 Å². The molecule has 4 heterocycles. The highest BCUT2D eigenvalue weighted by Crippen LogP contribution is 2.55. The van der Waals surface area contributed by atoms with Gasteiger partial charge in [0.2, 0.25) is 17.7 Å². The SMILES string of the molecule is CC(C)(C)C1NC(=O)CCc2ccc3c(c2)C2(/C=C(c4nc(CO)co4)/N=C/1O)c1ccccc1NC2O3. The van der Waals surface area contributed by atoms with Crippen LogP contribution in [0.25, 0.3) is 5.70 Å². The minimum Gasteiger partial charge on any atom is -0.495 e. The van der Waals surface area contributed by atoms with Crippen LogP contribution in [-0.4, -0.2) is 39.3 Å². The first kappa shape index (κ1) is 24.2. The number of carbonyl (C=O) groups excluding carboxylic acids is 1. The summed E-state index contributed by atoms with van der Waals surface area (Å²) in [5, 5.41) is 27.4. The van der Waals surface area contributed by atoms with Crippen molar-refractivity contribution in [3.63, 3.8) is 0 Å². The predicted octanol–water partition coefficient (Wildman–Crippen LogP) is 4.07. The number of ether oxygens (including phenoxy) is 1. The standard InChI is InChI=1S/C29H30N4O5/c1-28(2,3)24-25(36)31-21(26-30-17(14-34)15-37-26)13-29-18-6-4-5-7-20(18)32-27(29)38-22-10-8-16(12-19(22)29)9-11-23(35)33-24/h4-8,10,12-13,15,24,27,32,34H,9,11,14H2,1-3H3,(H,31,36)(H,33,35)/b21-13+. The van der Waals surface area contributed by atoms with Gasteiger partial charge in [0, 0.05) is 17.7 Å². The molecule has 0 radical (unpaired) electrons. The third-order valence-corrected chi connectivity index (χ3v) is 7.41. The zero-order valence-electron chi connectivity index (χ0n) is 21.5. The van der Waals surface area contributed by atoms with Crippen LogP contribution in [0.3, 0.4) is 0 Å². The number of amides is 1. The Morgan fingerprint density at radius 2 is 1.92 bits per heavy atom. The van der Waals surface area contributed by atoms with Crippen molar-refractivity contribution in [2.24, 2.45) is 10.4 Å². The Hall–Kier alpha value is -4.11. The number of aliphatic hydroxyl groups excluding tert-OH is 2. The summed E-state index contributed by atoms with van der Waals surface area (Å²) in [6.45, 7) is 5.46. The van der Waals surface area contributed by atoms with Crippen molar-refractivity contribution in [3.8, 4) is 5.75 Å². The van der Waals surface area contributed by atoms with Crippen LogP contribution < -0.4 is 15.4 Å². The van der Waals surface area contributed by atoms with Gasteiger partial charge in [-0.1, -0.05) is 51.1 Å². The van der Waals surface area contributed by atoms with Crippen molar-refractivity contribution in [1.29, 1.82) is 0 Å². The molecule has 3 aliphatic rings. The van der Waals surface area contributed by atoms with Crippen LogP contribution in [0.2, 0.25) is 0 Å². The van der Waals surface area contributed by atoms with Crippen molar-refractivity contribution in [2.75, 3.05) is 5.32 Å². The highest BCUT2D eigenvalue weighted by atomic mass is 16.5. The second-order valence-corrected chi connectivity index (χ2v) is 11.1. The lowest BCUT2D eigenvalue weighted by atomic mass is 9.74. The van der Waals surface area contributed by atoms with Crippen molar-refractivity contribution in [1.82, 2.24) is 10.3 Å². The third kappa shape index (κ3) is 3.85. The summed E-state index contributed by atoms with van der Waals surface area (Å²) >= 11 is 0. The van der Waals surface area contributed by atoms with Gasteiger partial charge in [0.05, 0.1) is 6.61 Å². The van der Waals surface area contributed by atoms with Crippen LogP contribution >= 0.6 is 0 Å². The molecule has 1 spiro atoms. The molecule has 1 amide bonds. The molecule has 3 aliphatic heterocycles. The van der Waals surface area contributed by atoms with Crippen LogP contribution in [0.15, 0.2) is 64.2 Å². The summed E-state index contributed by atoms with van der Waals surface area (Å²) in [5.41, 5.74) is 3.07. The smallest absolute Gasteiger partial charge is 0.245 e. The summed E-state index contributed by atoms with van der Waals surface area (Å²) in [4.78, 5) is 22.0. The first-order valence-corrected chi connectivity index (χ1v) is 12.7. The van der Waals surface area contributed by atoms with Gasteiger partial charge >= 0.3 is 0 Å². The number of aryl methyl sites for hydroxylation is 1. The molecule has 0 saturated carbocycles. The largest absolute Gasteiger partial charge is 0.495 e. The van der Waals surface area contributed by atoms with E-state index < -0.39 is 23.1 Å². The summed E-state index contributed by atoms with van der Waals surface area (Å²) in [7, 11) is 0. The van der Waals surface area contributed by atoms with E-state index in [0.29, 0.717) is 12.1 Å². The number of aromatic nitrogens is 1. The maximum Gasteiger partial charge on any atom is 0.245 e. The topological polar surface area (TPSA) is 129 Å². The molecular weight excluding hydrogens is 484 g/mol. The Balaban J connectivity index is 1.65. The van der Waals surface area contributed by atoms with Crippen LogP contribution in [-0.2, 0) is 23.2 Å². The minimum atomic E-state index is -0.822. The number of rotatable bonds is 2. The number of carbonyl (C=O) groups is 1. The van der Waals surface area contributed by atoms with Gasteiger partial charge in [-0.25, -0.2) is 9.98 Å². The van der Waals surface area contributed by atoms with Crippen molar-refractivity contribution in [3.05, 3.63) is 83.1 Å². The number of aliphatic imine (C=N–C) groups is 1. The van der Waals surface area contributed by atoms with E-state index >= 15 is 0 Å². The molecule has 4 N–H and O–H groups in total. The van der Waals surface area contributed by atoms with Crippen LogP contribution in [0.1, 0.15) is 55.5 Å². The van der Waals surface area contributed by atoms with Crippen LogP contribution in [0.4, 0.5) is 5.69 Å². The number of oxazole rings is 1. The van der Waals surface area contributed by atoms with Gasteiger partial charge in [-0.3, -0.25) is 4.79 Å². The van der Waals surface area contributed by atoms with Crippen molar-refractivity contribution < 1.29 is 24.2 Å². The summed E-state index contributed by atoms with van der Waals surface area (Å²) < 4.78 is 12.1. The highest BCUT2D eigenvalue weighted by Gasteiger charge is 2.55. The Morgan fingerprint density at radius 1 is 1.11 bits per heavy atom. The Kier molecular flexibility index (Phi) is 5.57. The Labute approximate surface area is 220 Å². The van der Waals surface area contributed by atoms with Gasteiger partial charge < -0.3 is 30.0 Å². The van der Waals surface area contributed by atoms with Crippen LogP contribution in [0, 0.1) is 5.41 Å². The first-order chi connectivity index (χ1) is 18.2. The van der Waals surface area contributed by atoms with Gasteiger partial charge in [0.15, 0.2) is 6.23 Å². The fraction of sp³-hybridized carbons (Fsp3) is 0.345. The second-order valence-electron chi connectivity index (χ2n) is 11.1. The normalized spacial score (nSPS) is 27.1. The van der Waals surface area contributed by atoms with E-state index in [0.717, 1.165) is 28.1 Å². The number of anilines is 1. The molecule has 38 heavy (non-hydrogen) atoms. The van der Waals surface area contributed by atoms with Gasteiger partial charge in [0.1, 0.15) is 34.9 Å². The minimum absolute atomic E-state index is 0.136. The first-order valence-electron chi connectivity index (χ1n) is 12.7. The maximum atomic E-state index is 13.0. The number of aliphatic hydroxyl groups is 2. The van der Waals surface area contributed by atoms with E-state index in [4.69, 9.17) is 9.15 Å². The molecular formula is C29H30N4O5. The zero-order chi connectivity index (χ0) is 26.7. The lowest BCUT2D eigenvalue weighted by molar-refractivity contribution is -0.122. The Morgan fingerprint density at radius 3 is 2.68 bits per heavy atom. The highest BCUT2D eigenvalue weighted by molar-refractivity contribution is 5.91. The quantitative estimate of drug-likeness (QED) is 0.406. The van der Waals surface area contributed by atoms with Gasteiger partial charge in [-0.15, -0.1) is 0 Å². The molecule has 0 fully saturated rings. The van der Waals surface area contributed by atoms with Crippen molar-refractivity contribution in [2.45, 2.75) is 57.9 Å². The number of hydrogen-bond donors (Lipinski definition) is 4. The fourth-order valence-corrected chi connectivity index (χ4v) is 5.49. The summed E-state index contributed by atoms with van der Waals surface area (Å²) in [5.74, 6) is 0.405. The van der Waals surface area contributed by atoms with E-state index in [9.17, 15) is 15.0 Å². The molecule has 3 unspecified atom stereocenters. The van der Waals surface area contributed by atoms with E-state index in [1.165, 1.54) is 6.26 Å². The number of nitrogens with zero attached hydrogens (tertiary/aromatic N) is 2. The average Bonchev–Trinajstić information content (AvgIpc) is 3.56. The predicted molar refractivity (Wildman–Crippen MR) is 142 cm³/mol. The molecule has 2 aromatic carbocycles. The third-order valence-electron chi connectivity index (χ3n) is 7.41. The summed E-state index contributed by atoms with van der Waals surface area (Å²) in [6, 6.07) is 13.2. The number of nitrogens with one attached hydrogen (secondary N) is 2. The fourth-order valence-electron chi connectivity index (χ4n) is 5.49. The average molecular weight is 515 g/mol. The second kappa shape index (κ2) is 8.73. The number of fused-ring (bicyclic) bond motifs is 2. The lowest BCUT2D eigenvalue weighted by Gasteiger charge is -2.30. The monoisotopic (exact) mass is 514 g/mol. The Bertz CT molecular complexity index is 1480. The van der Waals surface area contributed by atoms with E-state index in [-0.39, 0.29) is 36.4 Å². The number of benzene rings is 2. The molecule has 6 rings (SSSR count). The molecule has 1 aromatic heterocycles. The lowest BCUT2D eigenvalue weighted by Crippen LogP contribution is -2.49. The van der Waals surface area contributed by atoms with E-state index in [1.807, 2.05) is 63.2 Å². The van der Waals surface area contributed by atoms with E-state index in [2.05, 4.69) is 26.7 Å². The van der Waals surface area contributed by atoms with Gasteiger partial charge in [-0.2, -0.15) is 0 Å². The number of hydrogen-bond acceptors (Lipinski definition) is 7. The van der Waals surface area contributed by atoms with Gasteiger partial charge in [-0.05, 0) is 41.2 Å². The molecule has 9 heteroatoms. The molecule has 0 saturated heterocycles. The maximum absolute atomic E-state index is 13.0.